The van der Waals surface area contributed by atoms with Crippen LogP contribution in [0, 0.1) is 20.2 Å². The number of nitro benzene ring substituents is 2. The highest BCUT2D eigenvalue weighted by Gasteiger charge is 2.34. The summed E-state index contributed by atoms with van der Waals surface area (Å²) >= 11 is 0. The van der Waals surface area contributed by atoms with Crippen molar-refractivity contribution in [3.8, 4) is 17.2 Å². The van der Waals surface area contributed by atoms with E-state index in [1.165, 1.54) is 6.92 Å². The monoisotopic (exact) mass is 447 g/mol. The van der Waals surface area contributed by atoms with Gasteiger partial charge in [-0.2, -0.15) is 13.2 Å². The summed E-state index contributed by atoms with van der Waals surface area (Å²) in [6.45, 7) is 3.16. The summed E-state index contributed by atoms with van der Waals surface area (Å²) in [5.74, 6) is -0.993. The molecular weight excluding hydrogens is 432 g/mol. The number of hydrogen-bond donors (Lipinski definition) is 0. The molecule has 2 rings (SSSR count). The normalized spacial score (nSPS) is 11.7. The Morgan fingerprint density at radius 1 is 0.967 bits per heavy atom. The van der Waals surface area contributed by atoms with Crippen molar-refractivity contribution in [3.63, 3.8) is 0 Å². The SMILES string of the molecule is CCc1cc([N+](=O)[O-])c(O[P+](=O)CC)cc1Oc1ccc(C(F)(F)F)cc1[N+](=O)[O-]. The molecule has 2 aromatic carbocycles. The summed E-state index contributed by atoms with van der Waals surface area (Å²) in [5, 5.41) is 22.5. The summed E-state index contributed by atoms with van der Waals surface area (Å²) in [7, 11) is -2.26. The van der Waals surface area contributed by atoms with E-state index in [1.807, 2.05) is 0 Å². The lowest BCUT2D eigenvalue weighted by molar-refractivity contribution is -0.385. The van der Waals surface area contributed by atoms with Crippen molar-refractivity contribution in [3.05, 3.63) is 61.7 Å². The molecule has 0 radical (unpaired) electrons. The third-order valence-corrected chi connectivity index (χ3v) is 4.80. The quantitative estimate of drug-likeness (QED) is 0.276. The zero-order valence-corrected chi connectivity index (χ0v) is 16.5. The predicted molar refractivity (Wildman–Crippen MR) is 99.4 cm³/mol. The molecule has 0 fully saturated rings. The van der Waals surface area contributed by atoms with Crippen LogP contribution in [0.2, 0.25) is 0 Å². The Morgan fingerprint density at radius 2 is 1.57 bits per heavy atom. The van der Waals surface area contributed by atoms with E-state index in [4.69, 9.17) is 9.26 Å². The second-order valence-corrected chi connectivity index (χ2v) is 7.30. The number of benzene rings is 2. The van der Waals surface area contributed by atoms with Gasteiger partial charge in [-0.3, -0.25) is 20.2 Å². The molecule has 0 aromatic heterocycles. The van der Waals surface area contributed by atoms with Gasteiger partial charge in [0.05, 0.1) is 15.4 Å². The molecule has 0 amide bonds. The van der Waals surface area contributed by atoms with Crippen molar-refractivity contribution >= 4 is 19.4 Å². The maximum atomic E-state index is 12.9. The minimum absolute atomic E-state index is 0.0720. The Kier molecular flexibility index (Phi) is 6.93. The van der Waals surface area contributed by atoms with E-state index in [0.717, 1.165) is 18.2 Å². The number of nitro groups is 2. The largest absolute Gasteiger partial charge is 0.555 e. The lowest BCUT2D eigenvalue weighted by Gasteiger charge is -2.13. The average molecular weight is 447 g/mol. The van der Waals surface area contributed by atoms with Crippen LogP contribution in [0.25, 0.3) is 0 Å². The van der Waals surface area contributed by atoms with Crippen LogP contribution in [0.4, 0.5) is 24.5 Å². The van der Waals surface area contributed by atoms with E-state index in [2.05, 4.69) is 0 Å². The van der Waals surface area contributed by atoms with E-state index in [1.54, 1.807) is 6.92 Å². The highest BCUT2D eigenvalue weighted by Crippen LogP contribution is 2.43. The Morgan fingerprint density at radius 3 is 2.07 bits per heavy atom. The van der Waals surface area contributed by atoms with Crippen LogP contribution in [0.1, 0.15) is 25.0 Å². The first-order chi connectivity index (χ1) is 14.0. The maximum absolute atomic E-state index is 12.9. The predicted octanol–water partition coefficient (Wildman–Crippen LogP) is 6.02. The standard InChI is InChI=1S/C17H15F3N2O7P/c1-3-10-7-12(21(23)24)16(29-30(27)4-2)9-15(10)28-14-6-5-11(17(18,19)20)8-13(14)22(25)26/h5-9H,3-4H2,1-2H3/q+1. The molecule has 0 heterocycles. The lowest BCUT2D eigenvalue weighted by Crippen LogP contribution is -2.06. The molecule has 0 N–H and O–H groups in total. The topological polar surface area (TPSA) is 122 Å². The summed E-state index contributed by atoms with van der Waals surface area (Å²) < 4.78 is 60.8. The molecule has 0 saturated heterocycles. The summed E-state index contributed by atoms with van der Waals surface area (Å²) in [5.41, 5.74) is -2.41. The van der Waals surface area contributed by atoms with E-state index < -0.39 is 46.7 Å². The first-order valence-corrected chi connectivity index (χ1v) is 9.81. The van der Waals surface area contributed by atoms with Gasteiger partial charge in [0.25, 0.3) is 5.75 Å². The van der Waals surface area contributed by atoms with Crippen LogP contribution in [0.3, 0.4) is 0 Å². The van der Waals surface area contributed by atoms with Crippen LogP contribution in [0.5, 0.6) is 17.2 Å². The number of ether oxygens (including phenoxy) is 1. The molecule has 0 spiro atoms. The molecule has 1 atom stereocenters. The molecule has 0 aliphatic rings. The van der Waals surface area contributed by atoms with Crippen LogP contribution in [-0.2, 0) is 17.2 Å². The van der Waals surface area contributed by atoms with E-state index in [9.17, 15) is 38.0 Å². The highest BCUT2D eigenvalue weighted by molar-refractivity contribution is 7.39. The number of halogens is 3. The molecule has 9 nitrogen and oxygen atoms in total. The number of alkyl halides is 3. The minimum Gasteiger partial charge on any atom is -0.450 e. The fourth-order valence-corrected chi connectivity index (χ4v) is 2.89. The van der Waals surface area contributed by atoms with Gasteiger partial charge >= 0.3 is 25.6 Å². The van der Waals surface area contributed by atoms with Gasteiger partial charge in [-0.05, 0) is 30.0 Å². The summed E-state index contributed by atoms with van der Waals surface area (Å²) in [4.78, 5) is 20.8. The number of aryl methyl sites for hydroxylation is 1. The third kappa shape index (κ3) is 5.20. The molecular formula is C17H15F3N2O7P+. The average Bonchev–Trinajstić information content (AvgIpc) is 2.67. The maximum Gasteiger partial charge on any atom is 0.555 e. The number of nitrogens with zero attached hydrogens (tertiary/aromatic N) is 2. The van der Waals surface area contributed by atoms with Gasteiger partial charge in [0.1, 0.15) is 5.75 Å². The van der Waals surface area contributed by atoms with Gasteiger partial charge in [0.2, 0.25) is 5.75 Å². The Labute approximate surface area is 168 Å². The summed E-state index contributed by atoms with van der Waals surface area (Å²) in [6, 6.07) is 3.87. The molecule has 0 aliphatic carbocycles. The molecule has 0 aliphatic heterocycles. The van der Waals surface area contributed by atoms with Crippen molar-refractivity contribution in [1.82, 2.24) is 0 Å². The van der Waals surface area contributed by atoms with Crippen molar-refractivity contribution in [1.29, 1.82) is 0 Å². The van der Waals surface area contributed by atoms with Crippen molar-refractivity contribution in [2.75, 3.05) is 6.16 Å². The molecule has 160 valence electrons. The van der Waals surface area contributed by atoms with E-state index in [-0.39, 0.29) is 29.6 Å². The Bertz CT molecular complexity index is 1010. The van der Waals surface area contributed by atoms with Gasteiger partial charge < -0.3 is 4.74 Å². The second kappa shape index (κ2) is 9.04. The van der Waals surface area contributed by atoms with Crippen molar-refractivity contribution < 1.29 is 36.8 Å². The van der Waals surface area contributed by atoms with Crippen LogP contribution < -0.4 is 9.26 Å². The first-order valence-electron chi connectivity index (χ1n) is 8.45. The smallest absolute Gasteiger partial charge is 0.450 e. The van der Waals surface area contributed by atoms with Crippen molar-refractivity contribution in [2.24, 2.45) is 0 Å². The zero-order chi connectivity index (χ0) is 22.6. The number of rotatable bonds is 8. The van der Waals surface area contributed by atoms with Gasteiger partial charge in [-0.1, -0.05) is 6.92 Å². The van der Waals surface area contributed by atoms with Gasteiger partial charge in [-0.15, -0.1) is 0 Å². The third-order valence-electron chi connectivity index (χ3n) is 3.88. The van der Waals surface area contributed by atoms with Crippen LogP contribution in [0.15, 0.2) is 30.3 Å². The highest BCUT2D eigenvalue weighted by atomic mass is 31.1. The van der Waals surface area contributed by atoms with Gasteiger partial charge in [-0.25, -0.2) is 4.52 Å². The van der Waals surface area contributed by atoms with E-state index >= 15 is 0 Å². The molecule has 30 heavy (non-hydrogen) atoms. The fourth-order valence-electron chi connectivity index (χ4n) is 2.40. The second-order valence-electron chi connectivity index (χ2n) is 5.82. The van der Waals surface area contributed by atoms with Gasteiger partial charge in [0.15, 0.2) is 6.16 Å². The van der Waals surface area contributed by atoms with Crippen LogP contribution >= 0.6 is 8.03 Å². The molecule has 2 aromatic rings. The van der Waals surface area contributed by atoms with E-state index in [0.29, 0.717) is 12.1 Å². The molecule has 1 unspecified atom stereocenters. The molecule has 13 heteroatoms. The van der Waals surface area contributed by atoms with Crippen LogP contribution in [-0.4, -0.2) is 16.0 Å². The Hall–Kier alpha value is -3.27. The minimum atomic E-state index is -4.79. The van der Waals surface area contributed by atoms with Crippen molar-refractivity contribution in [2.45, 2.75) is 26.4 Å². The Balaban J connectivity index is 2.59. The molecule has 0 bridgehead atoms. The zero-order valence-electron chi connectivity index (χ0n) is 15.6. The van der Waals surface area contributed by atoms with Gasteiger partial charge in [0, 0.05) is 23.8 Å². The number of hydrogen-bond acceptors (Lipinski definition) is 7. The molecule has 0 saturated carbocycles. The summed E-state index contributed by atoms with van der Waals surface area (Å²) in [6.07, 6.45) is -4.52. The fraction of sp³-hybridized carbons (Fsp3) is 0.294. The first kappa shape index (κ1) is 23.0. The lowest BCUT2D eigenvalue weighted by atomic mass is 10.1.